The van der Waals surface area contributed by atoms with Crippen LogP contribution in [-0.4, -0.2) is 26.4 Å². The molecule has 0 saturated heterocycles. The van der Waals surface area contributed by atoms with Crippen molar-refractivity contribution in [3.05, 3.63) is 45.9 Å². The predicted octanol–water partition coefficient (Wildman–Crippen LogP) is 3.75. The summed E-state index contributed by atoms with van der Waals surface area (Å²) in [4.78, 5) is 13.0. The van der Waals surface area contributed by atoms with E-state index in [2.05, 4.69) is 17.3 Å². The highest BCUT2D eigenvalue weighted by molar-refractivity contribution is 6.36. The number of halogens is 1. The van der Waals surface area contributed by atoms with Crippen LogP contribution in [-0.2, 0) is 20.1 Å². The zero-order chi connectivity index (χ0) is 19.3. The number of nitrogens with one attached hydrogen (secondary N) is 1. The molecule has 1 aliphatic rings. The summed E-state index contributed by atoms with van der Waals surface area (Å²) in [6.45, 7) is 7.13. The molecule has 27 heavy (non-hydrogen) atoms. The first kappa shape index (κ1) is 17.9. The van der Waals surface area contributed by atoms with Crippen LogP contribution in [0.3, 0.4) is 0 Å². The molecule has 2 aromatic heterocycles. The van der Waals surface area contributed by atoms with Gasteiger partial charge in [-0.05, 0) is 38.5 Å². The molecule has 4 rings (SSSR count). The molecule has 7 heteroatoms. The number of hydrogen-bond donors (Lipinski definition) is 1. The van der Waals surface area contributed by atoms with E-state index in [1.807, 2.05) is 48.3 Å². The normalized spacial score (nSPS) is 15.8. The van der Waals surface area contributed by atoms with E-state index in [1.165, 1.54) is 0 Å². The zero-order valence-corrected chi connectivity index (χ0v) is 16.7. The minimum Gasteiger partial charge on any atom is -0.486 e. The Morgan fingerprint density at radius 3 is 2.85 bits per heavy atom. The molecule has 1 aliphatic heterocycles. The smallest absolute Gasteiger partial charge is 0.268 e. The maximum atomic E-state index is 13.0. The van der Waals surface area contributed by atoms with Gasteiger partial charge in [-0.2, -0.15) is 5.10 Å². The van der Waals surface area contributed by atoms with Gasteiger partial charge in [0.1, 0.15) is 17.5 Å². The van der Waals surface area contributed by atoms with E-state index in [0.29, 0.717) is 23.8 Å². The molecule has 1 amide bonds. The summed E-state index contributed by atoms with van der Waals surface area (Å²) in [5.74, 6) is 0.665. The van der Waals surface area contributed by atoms with Gasteiger partial charge in [-0.1, -0.05) is 18.5 Å². The first-order chi connectivity index (χ1) is 12.9. The highest BCUT2D eigenvalue weighted by Gasteiger charge is 2.27. The fourth-order valence-electron chi connectivity index (χ4n) is 3.75. The maximum absolute atomic E-state index is 13.0. The lowest BCUT2D eigenvalue weighted by molar-refractivity contribution is 0.0935. The third kappa shape index (κ3) is 2.88. The number of aryl methyl sites for hydroxylation is 2. The van der Waals surface area contributed by atoms with Crippen LogP contribution in [0.25, 0.3) is 10.9 Å². The summed E-state index contributed by atoms with van der Waals surface area (Å²) in [6.07, 6.45) is 0.917. The van der Waals surface area contributed by atoms with E-state index in [-0.39, 0.29) is 12.0 Å². The topological polar surface area (TPSA) is 61.1 Å². The van der Waals surface area contributed by atoms with Crippen LogP contribution in [0, 0.1) is 13.8 Å². The van der Waals surface area contributed by atoms with Crippen LogP contribution in [0.15, 0.2) is 18.2 Å². The zero-order valence-electron chi connectivity index (χ0n) is 16.0. The minimum absolute atomic E-state index is 0.0450. The van der Waals surface area contributed by atoms with Gasteiger partial charge in [0.15, 0.2) is 0 Å². The van der Waals surface area contributed by atoms with Gasteiger partial charge in [-0.15, -0.1) is 0 Å². The molecule has 3 aromatic rings. The molecule has 6 nitrogen and oxygen atoms in total. The summed E-state index contributed by atoms with van der Waals surface area (Å²) < 4.78 is 9.91. The van der Waals surface area contributed by atoms with E-state index < -0.39 is 0 Å². The molecule has 0 aliphatic carbocycles. The number of hydrogen-bond acceptors (Lipinski definition) is 3. The Kier molecular flexibility index (Phi) is 4.38. The van der Waals surface area contributed by atoms with Gasteiger partial charge in [-0.3, -0.25) is 9.48 Å². The van der Waals surface area contributed by atoms with Crippen molar-refractivity contribution in [2.75, 3.05) is 0 Å². The summed E-state index contributed by atoms with van der Waals surface area (Å²) in [5.41, 5.74) is 4.54. The van der Waals surface area contributed by atoms with Crippen LogP contribution >= 0.6 is 11.6 Å². The number of rotatable bonds is 4. The van der Waals surface area contributed by atoms with Crippen LogP contribution in [0.2, 0.25) is 5.02 Å². The van der Waals surface area contributed by atoms with Crippen molar-refractivity contribution in [3.8, 4) is 5.75 Å². The lowest BCUT2D eigenvalue weighted by Gasteiger charge is -2.26. The molecule has 3 heterocycles. The molecule has 0 fully saturated rings. The van der Waals surface area contributed by atoms with Crippen molar-refractivity contribution in [1.29, 1.82) is 0 Å². The average Bonchev–Trinajstić information content (AvgIpc) is 3.15. The van der Waals surface area contributed by atoms with Crippen LogP contribution < -0.4 is 10.1 Å². The van der Waals surface area contributed by atoms with Crippen LogP contribution in [0.4, 0.5) is 0 Å². The number of carbonyl (C=O) groups is 1. The monoisotopic (exact) mass is 386 g/mol. The summed E-state index contributed by atoms with van der Waals surface area (Å²) in [7, 11) is 1.91. The Balaban J connectivity index is 1.69. The van der Waals surface area contributed by atoms with Gasteiger partial charge in [0.2, 0.25) is 0 Å². The molecular formula is C20H23ClN4O2. The number of carbonyl (C=O) groups excluding carboxylic acids is 1. The molecule has 1 atom stereocenters. The number of aromatic nitrogens is 3. The lowest BCUT2D eigenvalue weighted by Crippen LogP contribution is -2.31. The Morgan fingerprint density at radius 1 is 1.41 bits per heavy atom. The number of amides is 1. The number of ether oxygens (including phenoxy) is 1. The second-order valence-electron chi connectivity index (χ2n) is 7.05. The van der Waals surface area contributed by atoms with Crippen LogP contribution in [0.5, 0.6) is 5.75 Å². The minimum atomic E-state index is -0.118. The second kappa shape index (κ2) is 6.60. The quantitative estimate of drug-likeness (QED) is 0.742. The van der Waals surface area contributed by atoms with Crippen LogP contribution in [0.1, 0.15) is 40.8 Å². The third-order valence-electron chi connectivity index (χ3n) is 5.42. The van der Waals surface area contributed by atoms with Gasteiger partial charge in [0.25, 0.3) is 5.91 Å². The third-order valence-corrected chi connectivity index (χ3v) is 5.75. The van der Waals surface area contributed by atoms with Crippen molar-refractivity contribution in [2.24, 2.45) is 7.05 Å². The van der Waals surface area contributed by atoms with E-state index in [1.54, 1.807) is 0 Å². The van der Waals surface area contributed by atoms with Gasteiger partial charge < -0.3 is 14.6 Å². The number of benzene rings is 1. The molecule has 0 radical (unpaired) electrons. The molecule has 1 unspecified atom stereocenters. The SMILES string of the molecule is CCC1Cn2c(C(=O)NCc3c(C)nn(C)c3C)cc3c(Cl)ccc(c32)O1. The largest absolute Gasteiger partial charge is 0.486 e. The van der Waals surface area contributed by atoms with Crippen molar-refractivity contribution < 1.29 is 9.53 Å². The van der Waals surface area contributed by atoms with E-state index in [0.717, 1.165) is 40.0 Å². The van der Waals surface area contributed by atoms with Gasteiger partial charge in [0, 0.05) is 30.2 Å². The Bertz CT molecular complexity index is 1050. The standard InChI is InChI=1S/C20H23ClN4O2/c1-5-13-10-25-17(8-14-16(21)6-7-18(27-13)19(14)25)20(26)22-9-15-11(2)23-24(4)12(15)3/h6-8,13H,5,9-10H2,1-4H3,(H,22,26). The molecule has 0 saturated carbocycles. The van der Waals surface area contributed by atoms with Gasteiger partial charge in [-0.25, -0.2) is 0 Å². The Labute approximate surface area is 163 Å². The Hall–Kier alpha value is -2.47. The Morgan fingerprint density at radius 2 is 2.19 bits per heavy atom. The molecule has 0 spiro atoms. The fraction of sp³-hybridized carbons (Fsp3) is 0.400. The molecular weight excluding hydrogens is 364 g/mol. The van der Waals surface area contributed by atoms with Crippen molar-refractivity contribution >= 4 is 28.4 Å². The molecule has 142 valence electrons. The summed E-state index contributed by atoms with van der Waals surface area (Å²) >= 11 is 6.38. The van der Waals surface area contributed by atoms with E-state index in [9.17, 15) is 4.79 Å². The maximum Gasteiger partial charge on any atom is 0.268 e. The molecule has 1 N–H and O–H groups in total. The first-order valence-electron chi connectivity index (χ1n) is 9.16. The second-order valence-corrected chi connectivity index (χ2v) is 7.46. The lowest BCUT2D eigenvalue weighted by atomic mass is 10.2. The number of nitrogens with zero attached hydrogens (tertiary/aromatic N) is 3. The molecule has 1 aromatic carbocycles. The van der Waals surface area contributed by atoms with E-state index in [4.69, 9.17) is 16.3 Å². The molecule has 0 bridgehead atoms. The van der Waals surface area contributed by atoms with Gasteiger partial charge >= 0.3 is 0 Å². The summed E-state index contributed by atoms with van der Waals surface area (Å²) in [6, 6.07) is 5.57. The fourth-order valence-corrected chi connectivity index (χ4v) is 3.96. The van der Waals surface area contributed by atoms with Crippen molar-refractivity contribution in [3.63, 3.8) is 0 Å². The van der Waals surface area contributed by atoms with Crippen molar-refractivity contribution in [1.82, 2.24) is 19.7 Å². The first-order valence-corrected chi connectivity index (χ1v) is 9.54. The predicted molar refractivity (Wildman–Crippen MR) is 106 cm³/mol. The van der Waals surface area contributed by atoms with E-state index >= 15 is 0 Å². The summed E-state index contributed by atoms with van der Waals surface area (Å²) in [5, 5.41) is 8.93. The highest BCUT2D eigenvalue weighted by Crippen LogP contribution is 2.38. The highest BCUT2D eigenvalue weighted by atomic mass is 35.5. The average molecular weight is 387 g/mol. The van der Waals surface area contributed by atoms with Crippen molar-refractivity contribution in [2.45, 2.75) is 46.4 Å². The van der Waals surface area contributed by atoms with Gasteiger partial charge in [0.05, 0.1) is 22.8 Å².